The zero-order chi connectivity index (χ0) is 23.8. The molecule has 2 N–H and O–H groups in total. The second-order valence-electron chi connectivity index (χ2n) is 7.02. The number of hydrogen-bond donors (Lipinski definition) is 2. The van der Waals surface area contributed by atoms with Crippen LogP contribution in [0.4, 0.5) is 0 Å². The zero-order valence-corrected chi connectivity index (χ0v) is 19.8. The maximum Gasteiger partial charge on any atom is 0.329 e. The molecule has 0 unspecified atom stereocenters. The summed E-state index contributed by atoms with van der Waals surface area (Å²) in [5, 5.41) is 7.83. The van der Waals surface area contributed by atoms with E-state index in [2.05, 4.69) is 15.8 Å². The Kier molecular flexibility index (Phi) is 8.72. The smallest absolute Gasteiger partial charge is 0.329 e. The van der Waals surface area contributed by atoms with Gasteiger partial charge in [-0.2, -0.15) is 5.10 Å². The van der Waals surface area contributed by atoms with Crippen LogP contribution in [0.15, 0.2) is 71.8 Å². The van der Waals surface area contributed by atoms with Gasteiger partial charge in [0.2, 0.25) is 0 Å². The van der Waals surface area contributed by atoms with E-state index in [-0.39, 0.29) is 12.6 Å². The summed E-state index contributed by atoms with van der Waals surface area (Å²) in [7, 11) is 0. The van der Waals surface area contributed by atoms with Crippen LogP contribution in [-0.2, 0) is 16.2 Å². The summed E-state index contributed by atoms with van der Waals surface area (Å²) in [5.41, 5.74) is 4.42. The van der Waals surface area contributed by atoms with Crippen molar-refractivity contribution in [2.45, 2.75) is 19.6 Å². The minimum absolute atomic E-state index is 0.228. The van der Waals surface area contributed by atoms with E-state index in [9.17, 15) is 9.59 Å². The molecule has 6 nitrogen and oxygen atoms in total. The second kappa shape index (κ2) is 11.7. The Morgan fingerprint density at radius 1 is 0.970 bits per heavy atom. The first-order valence-corrected chi connectivity index (χ1v) is 11.0. The highest BCUT2D eigenvalue weighted by Gasteiger charge is 2.16. The molecule has 0 aliphatic heterocycles. The molecule has 0 spiro atoms. The van der Waals surface area contributed by atoms with E-state index in [1.807, 2.05) is 30.3 Å². The molecule has 3 rings (SSSR count). The molecule has 33 heavy (non-hydrogen) atoms. The topological polar surface area (TPSA) is 79.8 Å². The van der Waals surface area contributed by atoms with E-state index < -0.39 is 11.8 Å². The summed E-state index contributed by atoms with van der Waals surface area (Å²) < 4.78 is 5.84. The Labute approximate surface area is 206 Å². The van der Waals surface area contributed by atoms with Crippen LogP contribution in [0.2, 0.25) is 15.1 Å². The lowest BCUT2D eigenvalue weighted by Gasteiger charge is -2.13. The molecular weight excluding hydrogens is 485 g/mol. The van der Waals surface area contributed by atoms with Gasteiger partial charge in [-0.3, -0.25) is 9.59 Å². The van der Waals surface area contributed by atoms with Gasteiger partial charge in [-0.15, -0.1) is 0 Å². The number of carbonyl (C=O) groups excluding carboxylic acids is 2. The van der Waals surface area contributed by atoms with Crippen LogP contribution >= 0.6 is 34.8 Å². The van der Waals surface area contributed by atoms with Gasteiger partial charge in [0.1, 0.15) is 12.4 Å². The van der Waals surface area contributed by atoms with Crippen LogP contribution in [0.5, 0.6) is 5.75 Å². The monoisotopic (exact) mass is 503 g/mol. The van der Waals surface area contributed by atoms with Gasteiger partial charge in [-0.05, 0) is 48.4 Å². The van der Waals surface area contributed by atoms with Crippen molar-refractivity contribution < 1.29 is 14.3 Å². The zero-order valence-electron chi connectivity index (χ0n) is 17.5. The van der Waals surface area contributed by atoms with Gasteiger partial charge in [0.25, 0.3) is 0 Å². The van der Waals surface area contributed by atoms with Crippen molar-refractivity contribution in [3.63, 3.8) is 0 Å². The number of amides is 2. The number of rotatable bonds is 7. The molecule has 170 valence electrons. The van der Waals surface area contributed by atoms with Gasteiger partial charge in [-0.1, -0.05) is 71.2 Å². The Balaban J connectivity index is 1.60. The number of hydrogen-bond acceptors (Lipinski definition) is 4. The van der Waals surface area contributed by atoms with Gasteiger partial charge < -0.3 is 10.1 Å². The van der Waals surface area contributed by atoms with Gasteiger partial charge in [0.05, 0.1) is 22.3 Å². The standard InChI is InChI=1S/C24H20Cl3N3O3/c1-15(17-5-3-2-4-6-17)29-23(31)24(32)30-28-13-18-12-19(25)8-10-22(18)33-14-16-7-9-20(26)21(27)11-16/h2-13,15H,14H2,1H3,(H,29,31)(H,30,32)/b28-13-/t15-/m0/s1. The van der Waals surface area contributed by atoms with E-state index in [4.69, 9.17) is 39.5 Å². The third-order valence-corrected chi connectivity index (χ3v) is 5.55. The van der Waals surface area contributed by atoms with Gasteiger partial charge in [0, 0.05) is 10.6 Å². The maximum absolute atomic E-state index is 12.1. The van der Waals surface area contributed by atoms with Crippen LogP contribution < -0.4 is 15.5 Å². The van der Waals surface area contributed by atoms with E-state index in [0.29, 0.717) is 26.4 Å². The lowest BCUT2D eigenvalue weighted by molar-refractivity contribution is -0.139. The van der Waals surface area contributed by atoms with Gasteiger partial charge in [-0.25, -0.2) is 5.43 Å². The highest BCUT2D eigenvalue weighted by molar-refractivity contribution is 6.42. The Hall–Kier alpha value is -3.06. The SMILES string of the molecule is C[C@H](NC(=O)C(=O)N/N=C\c1cc(Cl)ccc1OCc1ccc(Cl)c(Cl)c1)c1ccccc1. The molecule has 0 aliphatic rings. The minimum atomic E-state index is -0.894. The van der Waals surface area contributed by atoms with Crippen molar-refractivity contribution in [3.05, 3.63) is 98.5 Å². The number of nitrogens with one attached hydrogen (secondary N) is 2. The lowest BCUT2D eigenvalue weighted by atomic mass is 10.1. The Bertz CT molecular complexity index is 1170. The van der Waals surface area contributed by atoms with Crippen molar-refractivity contribution in [1.29, 1.82) is 0 Å². The number of nitrogens with zero attached hydrogens (tertiary/aromatic N) is 1. The van der Waals surface area contributed by atoms with Crippen molar-refractivity contribution >= 4 is 52.8 Å². The predicted octanol–water partition coefficient (Wildman–Crippen LogP) is 5.55. The molecule has 3 aromatic rings. The van der Waals surface area contributed by atoms with E-state index >= 15 is 0 Å². The first-order chi connectivity index (χ1) is 15.8. The molecule has 9 heteroatoms. The molecule has 0 bridgehead atoms. The molecule has 0 fully saturated rings. The number of ether oxygens (including phenoxy) is 1. The predicted molar refractivity (Wildman–Crippen MR) is 131 cm³/mol. The molecule has 0 aliphatic carbocycles. The van der Waals surface area contributed by atoms with Crippen LogP contribution in [-0.4, -0.2) is 18.0 Å². The highest BCUT2D eigenvalue weighted by Crippen LogP contribution is 2.25. The molecular formula is C24H20Cl3N3O3. The number of carbonyl (C=O) groups is 2. The summed E-state index contributed by atoms with van der Waals surface area (Å²) in [5.74, 6) is -1.22. The van der Waals surface area contributed by atoms with Crippen molar-refractivity contribution in [2.24, 2.45) is 5.10 Å². The third-order valence-electron chi connectivity index (χ3n) is 4.57. The largest absolute Gasteiger partial charge is 0.488 e. The first kappa shape index (κ1) is 24.6. The molecule has 0 heterocycles. The maximum atomic E-state index is 12.1. The van der Waals surface area contributed by atoms with Gasteiger partial charge in [0.15, 0.2) is 0 Å². The van der Waals surface area contributed by atoms with Crippen molar-refractivity contribution in [3.8, 4) is 5.75 Å². The van der Waals surface area contributed by atoms with Crippen LogP contribution in [0.1, 0.15) is 29.7 Å². The molecule has 0 saturated carbocycles. The average molecular weight is 505 g/mol. The van der Waals surface area contributed by atoms with Crippen molar-refractivity contribution in [1.82, 2.24) is 10.7 Å². The van der Waals surface area contributed by atoms with Crippen LogP contribution in [0.3, 0.4) is 0 Å². The Morgan fingerprint density at radius 3 is 2.45 bits per heavy atom. The molecule has 0 radical (unpaired) electrons. The number of halogens is 3. The molecule has 1 atom stereocenters. The summed E-state index contributed by atoms with van der Waals surface area (Å²) in [6, 6.07) is 19.1. The van der Waals surface area contributed by atoms with Crippen molar-refractivity contribution in [2.75, 3.05) is 0 Å². The van der Waals surface area contributed by atoms with E-state index in [0.717, 1.165) is 11.1 Å². The van der Waals surface area contributed by atoms with E-state index in [1.165, 1.54) is 6.21 Å². The third kappa shape index (κ3) is 7.22. The molecule has 2 amide bonds. The molecule has 0 aromatic heterocycles. The summed E-state index contributed by atoms with van der Waals surface area (Å²) in [6.45, 7) is 2.01. The minimum Gasteiger partial charge on any atom is -0.488 e. The summed E-state index contributed by atoms with van der Waals surface area (Å²) in [6.07, 6.45) is 1.35. The Morgan fingerprint density at radius 2 is 1.73 bits per heavy atom. The normalized spacial score (nSPS) is 11.8. The fourth-order valence-electron chi connectivity index (χ4n) is 2.84. The molecule has 3 aromatic carbocycles. The summed E-state index contributed by atoms with van der Waals surface area (Å²) in [4.78, 5) is 24.2. The first-order valence-electron chi connectivity index (χ1n) is 9.88. The highest BCUT2D eigenvalue weighted by atomic mass is 35.5. The quantitative estimate of drug-likeness (QED) is 0.251. The molecule has 0 saturated heterocycles. The number of hydrazone groups is 1. The average Bonchev–Trinajstić information content (AvgIpc) is 2.81. The number of benzene rings is 3. The van der Waals surface area contributed by atoms with E-state index in [1.54, 1.807) is 43.3 Å². The van der Waals surface area contributed by atoms with Crippen LogP contribution in [0, 0.1) is 0 Å². The van der Waals surface area contributed by atoms with Gasteiger partial charge >= 0.3 is 11.8 Å². The lowest BCUT2D eigenvalue weighted by Crippen LogP contribution is -2.39. The summed E-state index contributed by atoms with van der Waals surface area (Å²) >= 11 is 18.1. The fourth-order valence-corrected chi connectivity index (χ4v) is 3.34. The second-order valence-corrected chi connectivity index (χ2v) is 8.28. The van der Waals surface area contributed by atoms with Crippen LogP contribution in [0.25, 0.3) is 0 Å². The fraction of sp³-hybridized carbons (Fsp3) is 0.125.